The van der Waals surface area contributed by atoms with Crippen LogP contribution in [0.2, 0.25) is 0 Å². The molecular formula is C16H26N2O2. The van der Waals surface area contributed by atoms with Gasteiger partial charge in [0.25, 0.3) is 0 Å². The third-order valence-corrected chi connectivity index (χ3v) is 4.06. The number of nitrogens with zero attached hydrogens (tertiary/aromatic N) is 1. The van der Waals surface area contributed by atoms with Crippen molar-refractivity contribution < 1.29 is 9.47 Å². The van der Waals surface area contributed by atoms with Crippen molar-refractivity contribution in [2.45, 2.75) is 38.8 Å². The van der Waals surface area contributed by atoms with Gasteiger partial charge in [-0.05, 0) is 38.4 Å². The molecule has 112 valence electrons. The van der Waals surface area contributed by atoms with Crippen LogP contribution >= 0.6 is 0 Å². The topological polar surface area (TPSA) is 33.7 Å². The second-order valence-corrected chi connectivity index (χ2v) is 5.36. The number of anilines is 1. The summed E-state index contributed by atoms with van der Waals surface area (Å²) in [5.74, 6) is 1.79. The van der Waals surface area contributed by atoms with Crippen LogP contribution in [0.1, 0.15) is 26.7 Å². The standard InChI is InChI=1S/C16H26N2O2/c1-5-17-13-8-9-18(12(2)10-13)15-11-14(19-3)6-7-16(15)20-4/h6-7,11-13,17H,5,8-10H2,1-4H3. The molecule has 1 heterocycles. The van der Waals surface area contributed by atoms with Gasteiger partial charge in [-0.2, -0.15) is 0 Å². The van der Waals surface area contributed by atoms with Crippen LogP contribution in [0.15, 0.2) is 18.2 Å². The number of piperidine rings is 1. The van der Waals surface area contributed by atoms with E-state index >= 15 is 0 Å². The first-order valence-electron chi connectivity index (χ1n) is 7.41. The second kappa shape index (κ2) is 6.84. The third kappa shape index (κ3) is 3.18. The van der Waals surface area contributed by atoms with E-state index in [2.05, 4.69) is 30.1 Å². The molecule has 4 nitrogen and oxygen atoms in total. The predicted octanol–water partition coefficient (Wildman–Crippen LogP) is 2.67. The quantitative estimate of drug-likeness (QED) is 0.898. The zero-order valence-electron chi connectivity index (χ0n) is 13.0. The molecule has 4 heteroatoms. The van der Waals surface area contributed by atoms with Crippen LogP contribution in [0.5, 0.6) is 11.5 Å². The van der Waals surface area contributed by atoms with Gasteiger partial charge < -0.3 is 19.7 Å². The number of methoxy groups -OCH3 is 2. The summed E-state index contributed by atoms with van der Waals surface area (Å²) in [5, 5.41) is 3.56. The maximum atomic E-state index is 5.51. The van der Waals surface area contributed by atoms with E-state index in [0.29, 0.717) is 12.1 Å². The molecule has 0 amide bonds. The molecule has 2 rings (SSSR count). The van der Waals surface area contributed by atoms with Crippen LogP contribution < -0.4 is 19.7 Å². The van der Waals surface area contributed by atoms with Crippen molar-refractivity contribution in [2.24, 2.45) is 0 Å². The van der Waals surface area contributed by atoms with Gasteiger partial charge >= 0.3 is 0 Å². The van der Waals surface area contributed by atoms with Crippen molar-refractivity contribution in [3.05, 3.63) is 18.2 Å². The van der Waals surface area contributed by atoms with E-state index in [9.17, 15) is 0 Å². The highest BCUT2D eigenvalue weighted by Gasteiger charge is 2.27. The van der Waals surface area contributed by atoms with Gasteiger partial charge in [0.05, 0.1) is 19.9 Å². The Morgan fingerprint density at radius 1 is 1.30 bits per heavy atom. The Hall–Kier alpha value is -1.42. The summed E-state index contributed by atoms with van der Waals surface area (Å²) in [6, 6.07) is 7.12. The largest absolute Gasteiger partial charge is 0.497 e. The predicted molar refractivity (Wildman–Crippen MR) is 83.1 cm³/mol. The van der Waals surface area contributed by atoms with Gasteiger partial charge in [0.15, 0.2) is 0 Å². The van der Waals surface area contributed by atoms with Crippen molar-refractivity contribution in [1.29, 1.82) is 0 Å². The van der Waals surface area contributed by atoms with E-state index in [1.807, 2.05) is 12.1 Å². The fourth-order valence-corrected chi connectivity index (χ4v) is 3.03. The molecule has 0 aliphatic carbocycles. The van der Waals surface area contributed by atoms with Gasteiger partial charge in [-0.3, -0.25) is 0 Å². The molecule has 1 N–H and O–H groups in total. The zero-order valence-corrected chi connectivity index (χ0v) is 13.0. The van der Waals surface area contributed by atoms with Crippen LogP contribution in [0.25, 0.3) is 0 Å². The Morgan fingerprint density at radius 2 is 2.10 bits per heavy atom. The minimum atomic E-state index is 0.494. The monoisotopic (exact) mass is 278 g/mol. The summed E-state index contributed by atoms with van der Waals surface area (Å²) in [5.41, 5.74) is 1.13. The van der Waals surface area contributed by atoms with E-state index < -0.39 is 0 Å². The van der Waals surface area contributed by atoms with Gasteiger partial charge in [0, 0.05) is 24.7 Å². The van der Waals surface area contributed by atoms with Crippen LogP contribution in [-0.2, 0) is 0 Å². The normalized spacial score (nSPS) is 22.7. The molecule has 1 aliphatic rings. The van der Waals surface area contributed by atoms with Crippen LogP contribution in [0, 0.1) is 0 Å². The molecule has 0 spiro atoms. The molecule has 1 saturated heterocycles. The molecule has 1 fully saturated rings. The molecule has 1 aromatic carbocycles. The van der Waals surface area contributed by atoms with Gasteiger partial charge in [0.1, 0.15) is 11.5 Å². The molecule has 1 aliphatic heterocycles. The van der Waals surface area contributed by atoms with Crippen molar-refractivity contribution in [2.75, 3.05) is 32.2 Å². The number of ether oxygens (including phenoxy) is 2. The first kappa shape index (κ1) is 15.0. The van der Waals surface area contributed by atoms with E-state index in [-0.39, 0.29) is 0 Å². The first-order chi connectivity index (χ1) is 9.69. The molecule has 20 heavy (non-hydrogen) atoms. The molecule has 0 radical (unpaired) electrons. The Morgan fingerprint density at radius 3 is 2.70 bits per heavy atom. The molecule has 1 aromatic rings. The van der Waals surface area contributed by atoms with Crippen molar-refractivity contribution in [3.63, 3.8) is 0 Å². The lowest BCUT2D eigenvalue weighted by molar-refractivity contribution is 0.364. The maximum absolute atomic E-state index is 5.51. The van der Waals surface area contributed by atoms with E-state index in [0.717, 1.165) is 36.7 Å². The smallest absolute Gasteiger partial charge is 0.142 e. The Kier molecular flexibility index (Phi) is 5.12. The minimum absolute atomic E-state index is 0.494. The molecule has 0 saturated carbocycles. The Bertz CT molecular complexity index is 436. The average molecular weight is 278 g/mol. The molecule has 2 atom stereocenters. The number of hydrogen-bond donors (Lipinski definition) is 1. The van der Waals surface area contributed by atoms with Gasteiger partial charge in [-0.1, -0.05) is 6.92 Å². The highest BCUT2D eigenvalue weighted by atomic mass is 16.5. The van der Waals surface area contributed by atoms with Crippen LogP contribution in [0.4, 0.5) is 5.69 Å². The van der Waals surface area contributed by atoms with E-state index in [1.54, 1.807) is 14.2 Å². The van der Waals surface area contributed by atoms with Crippen molar-refractivity contribution >= 4 is 5.69 Å². The van der Waals surface area contributed by atoms with Crippen LogP contribution in [0.3, 0.4) is 0 Å². The molecular weight excluding hydrogens is 252 g/mol. The average Bonchev–Trinajstić information content (AvgIpc) is 2.47. The Balaban J connectivity index is 2.18. The maximum Gasteiger partial charge on any atom is 0.142 e. The van der Waals surface area contributed by atoms with Gasteiger partial charge in [0.2, 0.25) is 0 Å². The number of hydrogen-bond acceptors (Lipinski definition) is 4. The molecule has 2 unspecified atom stereocenters. The number of benzene rings is 1. The lowest BCUT2D eigenvalue weighted by Crippen LogP contribution is -2.47. The summed E-state index contributed by atoms with van der Waals surface area (Å²) in [6.07, 6.45) is 2.33. The molecule has 0 bridgehead atoms. The molecule has 0 aromatic heterocycles. The fraction of sp³-hybridized carbons (Fsp3) is 0.625. The van der Waals surface area contributed by atoms with Gasteiger partial charge in [-0.15, -0.1) is 0 Å². The first-order valence-corrected chi connectivity index (χ1v) is 7.41. The Labute approximate surface area is 122 Å². The summed E-state index contributed by atoms with van der Waals surface area (Å²) in [7, 11) is 3.42. The minimum Gasteiger partial charge on any atom is -0.497 e. The SMILES string of the molecule is CCNC1CCN(c2cc(OC)ccc2OC)C(C)C1. The van der Waals surface area contributed by atoms with Gasteiger partial charge in [-0.25, -0.2) is 0 Å². The van der Waals surface area contributed by atoms with Crippen molar-refractivity contribution in [3.8, 4) is 11.5 Å². The van der Waals surface area contributed by atoms with E-state index in [1.165, 1.54) is 6.42 Å². The zero-order chi connectivity index (χ0) is 14.5. The summed E-state index contributed by atoms with van der Waals surface area (Å²) in [6.45, 7) is 6.53. The summed E-state index contributed by atoms with van der Waals surface area (Å²) >= 11 is 0. The third-order valence-electron chi connectivity index (χ3n) is 4.06. The highest BCUT2D eigenvalue weighted by Crippen LogP contribution is 2.35. The lowest BCUT2D eigenvalue weighted by Gasteiger charge is -2.40. The summed E-state index contributed by atoms with van der Waals surface area (Å²) in [4.78, 5) is 2.43. The lowest BCUT2D eigenvalue weighted by atomic mass is 9.97. The number of rotatable bonds is 5. The second-order valence-electron chi connectivity index (χ2n) is 5.36. The highest BCUT2D eigenvalue weighted by molar-refractivity contribution is 5.62. The van der Waals surface area contributed by atoms with Crippen LogP contribution in [-0.4, -0.2) is 39.4 Å². The van der Waals surface area contributed by atoms with Crippen molar-refractivity contribution in [1.82, 2.24) is 5.32 Å². The number of nitrogens with one attached hydrogen (secondary N) is 1. The van der Waals surface area contributed by atoms with E-state index in [4.69, 9.17) is 9.47 Å². The summed E-state index contributed by atoms with van der Waals surface area (Å²) < 4.78 is 10.9. The fourth-order valence-electron chi connectivity index (χ4n) is 3.03.